The molecule has 4 nitrogen and oxygen atoms in total. The van der Waals surface area contributed by atoms with Crippen LogP contribution in [0.5, 0.6) is 5.75 Å². The van der Waals surface area contributed by atoms with Crippen LogP contribution in [0.15, 0.2) is 53.3 Å². The number of hydrogen-bond donors (Lipinski definition) is 0. The lowest BCUT2D eigenvalue weighted by Gasteiger charge is -2.12. The van der Waals surface area contributed by atoms with E-state index in [1.54, 1.807) is 4.57 Å². The van der Waals surface area contributed by atoms with Crippen LogP contribution >= 0.6 is 0 Å². The molecule has 0 aliphatic heterocycles. The molecule has 0 fully saturated rings. The van der Waals surface area contributed by atoms with Crippen molar-refractivity contribution < 1.29 is 4.74 Å². The number of fused-ring (bicyclic) bond motifs is 1. The Hall–Kier alpha value is -2.62. The maximum Gasteiger partial charge on any atom is 0.261 e. The molecule has 0 amide bonds. The van der Waals surface area contributed by atoms with Gasteiger partial charge in [-0.15, -0.1) is 0 Å². The van der Waals surface area contributed by atoms with E-state index in [0.29, 0.717) is 24.4 Å². The first-order valence-corrected chi connectivity index (χ1v) is 7.31. The van der Waals surface area contributed by atoms with Crippen LogP contribution in [-0.2, 0) is 6.54 Å². The summed E-state index contributed by atoms with van der Waals surface area (Å²) in [7, 11) is 0. The Morgan fingerprint density at radius 3 is 2.73 bits per heavy atom. The van der Waals surface area contributed by atoms with Gasteiger partial charge in [0.2, 0.25) is 0 Å². The lowest BCUT2D eigenvalue weighted by atomic mass is 10.2. The Balaban J connectivity index is 1.81. The summed E-state index contributed by atoms with van der Waals surface area (Å²) in [6.45, 7) is 4.79. The van der Waals surface area contributed by atoms with E-state index < -0.39 is 0 Å². The summed E-state index contributed by atoms with van der Waals surface area (Å²) in [6, 6.07) is 15.3. The van der Waals surface area contributed by atoms with E-state index in [1.807, 2.05) is 62.4 Å². The topological polar surface area (TPSA) is 44.1 Å². The molecule has 1 aromatic heterocycles. The van der Waals surface area contributed by atoms with Gasteiger partial charge in [-0.25, -0.2) is 4.98 Å². The van der Waals surface area contributed by atoms with Crippen molar-refractivity contribution in [3.63, 3.8) is 0 Å². The van der Waals surface area contributed by atoms with Gasteiger partial charge in [0.1, 0.15) is 18.2 Å². The molecule has 112 valence electrons. The third-order valence-corrected chi connectivity index (χ3v) is 3.63. The molecular weight excluding hydrogens is 276 g/mol. The molecule has 0 N–H and O–H groups in total. The van der Waals surface area contributed by atoms with Gasteiger partial charge in [0, 0.05) is 0 Å². The minimum Gasteiger partial charge on any atom is -0.492 e. The molecule has 0 spiro atoms. The average molecular weight is 294 g/mol. The largest absolute Gasteiger partial charge is 0.492 e. The second-order valence-corrected chi connectivity index (χ2v) is 5.30. The SMILES string of the molecule is Cc1cccc(OCCn2c(C)nc3ccccc3c2=O)c1. The van der Waals surface area contributed by atoms with Crippen LogP contribution in [0.1, 0.15) is 11.4 Å². The van der Waals surface area contributed by atoms with Crippen molar-refractivity contribution in [1.82, 2.24) is 9.55 Å². The number of hydrogen-bond acceptors (Lipinski definition) is 3. The lowest BCUT2D eigenvalue weighted by Crippen LogP contribution is -2.26. The highest BCUT2D eigenvalue weighted by Crippen LogP contribution is 2.12. The second-order valence-electron chi connectivity index (χ2n) is 5.30. The highest BCUT2D eigenvalue weighted by Gasteiger charge is 2.07. The van der Waals surface area contributed by atoms with Gasteiger partial charge in [0.15, 0.2) is 0 Å². The predicted molar refractivity (Wildman–Crippen MR) is 87.4 cm³/mol. The zero-order valence-electron chi connectivity index (χ0n) is 12.7. The number of rotatable bonds is 4. The molecule has 2 aromatic carbocycles. The maximum atomic E-state index is 12.5. The minimum absolute atomic E-state index is 0.0176. The van der Waals surface area contributed by atoms with Crippen LogP contribution < -0.4 is 10.3 Å². The molecule has 0 atom stereocenters. The van der Waals surface area contributed by atoms with Gasteiger partial charge in [0.05, 0.1) is 17.4 Å². The zero-order valence-corrected chi connectivity index (χ0v) is 12.7. The van der Waals surface area contributed by atoms with Gasteiger partial charge < -0.3 is 4.74 Å². The maximum absolute atomic E-state index is 12.5. The zero-order chi connectivity index (χ0) is 15.5. The predicted octanol–water partition coefficient (Wildman–Crippen LogP) is 3.09. The van der Waals surface area contributed by atoms with Crippen LogP contribution in [0.4, 0.5) is 0 Å². The van der Waals surface area contributed by atoms with Crippen molar-refractivity contribution in [2.45, 2.75) is 20.4 Å². The molecule has 0 radical (unpaired) electrons. The van der Waals surface area contributed by atoms with E-state index >= 15 is 0 Å². The number of aromatic nitrogens is 2. The Morgan fingerprint density at radius 1 is 1.09 bits per heavy atom. The van der Waals surface area contributed by atoms with Crippen LogP contribution in [0, 0.1) is 13.8 Å². The normalized spacial score (nSPS) is 10.8. The van der Waals surface area contributed by atoms with Crippen molar-refractivity contribution >= 4 is 10.9 Å². The van der Waals surface area contributed by atoms with E-state index in [9.17, 15) is 4.79 Å². The van der Waals surface area contributed by atoms with Crippen molar-refractivity contribution in [1.29, 1.82) is 0 Å². The number of benzene rings is 2. The van der Waals surface area contributed by atoms with Crippen molar-refractivity contribution in [2.75, 3.05) is 6.61 Å². The van der Waals surface area contributed by atoms with Crippen LogP contribution in [0.25, 0.3) is 10.9 Å². The minimum atomic E-state index is -0.0176. The summed E-state index contributed by atoms with van der Waals surface area (Å²) in [5.41, 5.74) is 1.87. The van der Waals surface area contributed by atoms with Gasteiger partial charge in [-0.3, -0.25) is 9.36 Å². The summed E-state index contributed by atoms with van der Waals surface area (Å²) < 4.78 is 7.39. The molecule has 0 bridgehead atoms. The Morgan fingerprint density at radius 2 is 1.91 bits per heavy atom. The summed E-state index contributed by atoms with van der Waals surface area (Å²) >= 11 is 0. The van der Waals surface area contributed by atoms with Crippen molar-refractivity contribution in [2.24, 2.45) is 0 Å². The van der Waals surface area contributed by atoms with Gasteiger partial charge in [0.25, 0.3) is 5.56 Å². The molecule has 3 rings (SSSR count). The lowest BCUT2D eigenvalue weighted by molar-refractivity contribution is 0.294. The number of ether oxygens (including phenoxy) is 1. The molecular formula is C18H18N2O2. The fourth-order valence-electron chi connectivity index (χ4n) is 2.50. The van der Waals surface area contributed by atoms with Gasteiger partial charge in [-0.1, -0.05) is 24.3 Å². The van der Waals surface area contributed by atoms with Crippen molar-refractivity contribution in [3.05, 3.63) is 70.3 Å². The van der Waals surface area contributed by atoms with Crippen LogP contribution in [0.3, 0.4) is 0 Å². The molecule has 0 unspecified atom stereocenters. The number of aryl methyl sites for hydroxylation is 2. The summed E-state index contributed by atoms with van der Waals surface area (Å²) in [5.74, 6) is 1.52. The molecule has 4 heteroatoms. The van der Waals surface area contributed by atoms with Gasteiger partial charge in [-0.05, 0) is 43.7 Å². The van der Waals surface area contributed by atoms with E-state index in [-0.39, 0.29) is 5.56 Å². The van der Waals surface area contributed by atoms with E-state index in [4.69, 9.17) is 4.74 Å². The first-order chi connectivity index (χ1) is 10.6. The smallest absolute Gasteiger partial charge is 0.261 e. The summed E-state index contributed by atoms with van der Waals surface area (Å²) in [4.78, 5) is 17.0. The molecule has 0 saturated heterocycles. The molecule has 0 saturated carbocycles. The van der Waals surface area contributed by atoms with Gasteiger partial charge >= 0.3 is 0 Å². The third kappa shape index (κ3) is 2.86. The van der Waals surface area contributed by atoms with E-state index in [2.05, 4.69) is 4.98 Å². The highest BCUT2D eigenvalue weighted by molar-refractivity contribution is 5.77. The fraction of sp³-hybridized carbons (Fsp3) is 0.222. The van der Waals surface area contributed by atoms with Crippen molar-refractivity contribution in [3.8, 4) is 5.75 Å². The van der Waals surface area contributed by atoms with Crippen LogP contribution in [0.2, 0.25) is 0 Å². The highest BCUT2D eigenvalue weighted by atomic mass is 16.5. The Bertz CT molecular complexity index is 868. The van der Waals surface area contributed by atoms with E-state index in [0.717, 1.165) is 16.8 Å². The monoisotopic (exact) mass is 294 g/mol. The second kappa shape index (κ2) is 6.02. The molecule has 22 heavy (non-hydrogen) atoms. The summed E-state index contributed by atoms with van der Waals surface area (Å²) in [6.07, 6.45) is 0. The number of para-hydroxylation sites is 1. The number of nitrogens with zero attached hydrogens (tertiary/aromatic N) is 2. The summed E-state index contributed by atoms with van der Waals surface area (Å²) in [5, 5.41) is 0.642. The molecule has 3 aromatic rings. The Labute approximate surface area is 129 Å². The van der Waals surface area contributed by atoms with E-state index in [1.165, 1.54) is 0 Å². The molecule has 1 heterocycles. The molecule has 0 aliphatic rings. The Kier molecular flexibility index (Phi) is 3.92. The first kappa shape index (κ1) is 14.3. The molecule has 0 aliphatic carbocycles. The average Bonchev–Trinajstić information content (AvgIpc) is 2.51. The van der Waals surface area contributed by atoms with Gasteiger partial charge in [-0.2, -0.15) is 0 Å². The fourth-order valence-corrected chi connectivity index (χ4v) is 2.50. The quantitative estimate of drug-likeness (QED) is 0.742. The standard InChI is InChI=1S/C18H18N2O2/c1-13-6-5-7-15(12-13)22-11-10-20-14(2)19-17-9-4-3-8-16(17)18(20)21/h3-9,12H,10-11H2,1-2H3. The first-order valence-electron chi connectivity index (χ1n) is 7.31. The van der Waals surface area contributed by atoms with Crippen LogP contribution in [-0.4, -0.2) is 16.2 Å². The third-order valence-electron chi connectivity index (χ3n) is 3.63.